The second kappa shape index (κ2) is 8.31. The van der Waals surface area contributed by atoms with Crippen molar-refractivity contribution in [2.75, 3.05) is 13.7 Å². The number of hydrogen-bond donors (Lipinski definition) is 1. The first-order valence-electron chi connectivity index (χ1n) is 8.01. The van der Waals surface area contributed by atoms with E-state index in [1.165, 1.54) is 11.3 Å². The zero-order valence-corrected chi connectivity index (χ0v) is 15.2. The first-order chi connectivity index (χ1) is 12.7. The molecular weight excluding hydrogens is 346 g/mol. The van der Waals surface area contributed by atoms with Crippen molar-refractivity contribution in [2.45, 2.75) is 0 Å². The fraction of sp³-hybridized carbons (Fsp3) is 0.100. The number of rotatable bonds is 6. The van der Waals surface area contributed by atoms with Crippen molar-refractivity contribution in [1.29, 1.82) is 0 Å². The van der Waals surface area contributed by atoms with Crippen molar-refractivity contribution in [3.05, 3.63) is 76.9 Å². The number of ether oxygens (including phenoxy) is 1. The molecule has 0 aliphatic rings. The van der Waals surface area contributed by atoms with Crippen molar-refractivity contribution >= 4 is 17.6 Å². The number of thiazole rings is 1. The van der Waals surface area contributed by atoms with Crippen molar-refractivity contribution < 1.29 is 9.84 Å². The molecule has 3 aromatic rings. The molecule has 0 aliphatic carbocycles. The van der Waals surface area contributed by atoms with E-state index in [9.17, 15) is 5.11 Å². The number of phenols is 1. The van der Waals surface area contributed by atoms with Crippen LogP contribution in [0, 0.1) is 0 Å². The van der Waals surface area contributed by atoms with Gasteiger partial charge in [0.05, 0.1) is 25.6 Å². The lowest BCUT2D eigenvalue weighted by Gasteiger charge is -2.08. The van der Waals surface area contributed by atoms with Crippen LogP contribution in [0.15, 0.2) is 76.7 Å². The fourth-order valence-electron chi connectivity index (χ4n) is 2.43. The third-order valence-corrected chi connectivity index (χ3v) is 4.47. The van der Waals surface area contributed by atoms with E-state index in [4.69, 9.17) is 4.74 Å². The Hall–Kier alpha value is -3.12. The molecule has 132 valence electrons. The summed E-state index contributed by atoms with van der Waals surface area (Å²) in [5, 5.41) is 16.2. The smallest absolute Gasteiger partial charge is 0.206 e. The summed E-state index contributed by atoms with van der Waals surface area (Å²) in [5.74, 6) is 0.965. The maximum Gasteiger partial charge on any atom is 0.206 e. The van der Waals surface area contributed by atoms with Gasteiger partial charge in [-0.3, -0.25) is 4.99 Å². The van der Waals surface area contributed by atoms with Gasteiger partial charge in [0.15, 0.2) is 0 Å². The lowest BCUT2D eigenvalue weighted by molar-refractivity contribution is 0.416. The van der Waals surface area contributed by atoms with Crippen molar-refractivity contribution in [1.82, 2.24) is 4.68 Å². The number of benzene rings is 2. The molecule has 1 N–H and O–H groups in total. The molecule has 0 radical (unpaired) electrons. The number of hydrogen-bond acceptors (Lipinski definition) is 5. The number of aromatic hydroxyl groups is 1. The SMILES string of the molecule is C=CCN=c1scc(-c2ccccc2OC)n1N=Cc1cccc(O)c1. The number of methoxy groups -OCH3 is 1. The molecule has 0 bridgehead atoms. The van der Waals surface area contributed by atoms with Crippen LogP contribution in [0.2, 0.25) is 0 Å². The van der Waals surface area contributed by atoms with E-state index >= 15 is 0 Å². The van der Waals surface area contributed by atoms with Crippen LogP contribution in [0.4, 0.5) is 0 Å². The molecule has 6 heteroatoms. The molecule has 0 fully saturated rings. The van der Waals surface area contributed by atoms with Crippen molar-refractivity contribution in [3.63, 3.8) is 0 Å². The number of aromatic nitrogens is 1. The summed E-state index contributed by atoms with van der Waals surface area (Å²) in [7, 11) is 1.65. The average molecular weight is 365 g/mol. The third-order valence-electron chi connectivity index (χ3n) is 3.62. The Labute approximate surface area is 155 Å². The summed E-state index contributed by atoms with van der Waals surface area (Å²) in [6.07, 6.45) is 3.43. The van der Waals surface area contributed by atoms with Gasteiger partial charge in [-0.15, -0.1) is 17.9 Å². The molecule has 3 rings (SSSR count). The van der Waals surface area contributed by atoms with E-state index in [0.717, 1.165) is 27.4 Å². The summed E-state index contributed by atoms with van der Waals surface area (Å²) in [6.45, 7) is 4.22. The van der Waals surface area contributed by atoms with Crippen molar-refractivity contribution in [2.24, 2.45) is 10.1 Å². The van der Waals surface area contributed by atoms with Crippen molar-refractivity contribution in [3.8, 4) is 22.8 Å². The molecule has 1 heterocycles. The Morgan fingerprint density at radius 3 is 2.85 bits per heavy atom. The molecular formula is C20H19N3O2S. The van der Waals surface area contributed by atoms with Crippen LogP contribution in [-0.2, 0) is 0 Å². The number of phenolic OH excluding ortho intramolecular Hbond substituents is 1. The number of para-hydroxylation sites is 1. The van der Waals surface area contributed by atoms with Gasteiger partial charge in [-0.1, -0.05) is 30.3 Å². The first-order valence-corrected chi connectivity index (χ1v) is 8.89. The highest BCUT2D eigenvalue weighted by Gasteiger charge is 2.11. The van der Waals surface area contributed by atoms with Gasteiger partial charge in [-0.25, -0.2) is 4.68 Å². The highest BCUT2D eigenvalue weighted by molar-refractivity contribution is 7.07. The predicted molar refractivity (Wildman–Crippen MR) is 106 cm³/mol. The van der Waals surface area contributed by atoms with Gasteiger partial charge >= 0.3 is 0 Å². The van der Waals surface area contributed by atoms with Crippen LogP contribution >= 0.6 is 11.3 Å². The molecule has 2 aromatic carbocycles. The van der Waals surface area contributed by atoms with Crippen LogP contribution in [-0.4, -0.2) is 29.7 Å². The average Bonchev–Trinajstić information content (AvgIpc) is 3.07. The zero-order chi connectivity index (χ0) is 18.4. The highest BCUT2D eigenvalue weighted by Crippen LogP contribution is 2.29. The second-order valence-corrected chi connectivity index (χ2v) is 6.22. The van der Waals surface area contributed by atoms with E-state index in [-0.39, 0.29) is 5.75 Å². The normalized spacial score (nSPS) is 11.8. The fourth-order valence-corrected chi connectivity index (χ4v) is 3.27. The largest absolute Gasteiger partial charge is 0.508 e. The minimum atomic E-state index is 0.200. The van der Waals surface area contributed by atoms with E-state index in [1.807, 2.05) is 35.7 Å². The summed E-state index contributed by atoms with van der Waals surface area (Å²) >= 11 is 1.50. The Kier molecular flexibility index (Phi) is 5.66. The van der Waals surface area contributed by atoms with E-state index in [2.05, 4.69) is 16.7 Å². The summed E-state index contributed by atoms with van der Waals surface area (Å²) in [4.78, 5) is 5.27. The lowest BCUT2D eigenvalue weighted by Crippen LogP contribution is -2.12. The first kappa shape index (κ1) is 17.7. The standard InChI is InChI=1S/C20H19N3O2S/c1-3-11-21-20-23(22-13-15-7-6-8-16(24)12-15)18(14-26-20)17-9-4-5-10-19(17)25-2/h3-10,12-14,24H,1,11H2,2H3. The zero-order valence-electron chi connectivity index (χ0n) is 14.4. The van der Waals surface area contributed by atoms with E-state index in [0.29, 0.717) is 6.54 Å². The van der Waals surface area contributed by atoms with Gasteiger partial charge in [0.1, 0.15) is 11.5 Å². The van der Waals surface area contributed by atoms with E-state index < -0.39 is 0 Å². The van der Waals surface area contributed by atoms with Crippen LogP contribution in [0.3, 0.4) is 0 Å². The van der Waals surface area contributed by atoms with Gasteiger partial charge in [-0.05, 0) is 29.8 Å². The minimum absolute atomic E-state index is 0.200. The van der Waals surface area contributed by atoms with Crippen LogP contribution in [0.5, 0.6) is 11.5 Å². The van der Waals surface area contributed by atoms with Gasteiger partial charge in [0.2, 0.25) is 4.80 Å². The van der Waals surface area contributed by atoms with Gasteiger partial charge in [0, 0.05) is 10.9 Å². The van der Waals surface area contributed by atoms with Gasteiger partial charge in [-0.2, -0.15) is 5.10 Å². The molecule has 26 heavy (non-hydrogen) atoms. The van der Waals surface area contributed by atoms with Crippen LogP contribution < -0.4 is 9.54 Å². The van der Waals surface area contributed by atoms with Crippen LogP contribution in [0.1, 0.15) is 5.56 Å². The summed E-state index contributed by atoms with van der Waals surface area (Å²) < 4.78 is 7.26. The van der Waals surface area contributed by atoms with Crippen LogP contribution in [0.25, 0.3) is 11.3 Å². The minimum Gasteiger partial charge on any atom is -0.508 e. The van der Waals surface area contributed by atoms with Gasteiger partial charge < -0.3 is 9.84 Å². The molecule has 0 aliphatic heterocycles. The second-order valence-electron chi connectivity index (χ2n) is 5.38. The monoisotopic (exact) mass is 365 g/mol. The maximum absolute atomic E-state index is 9.63. The third kappa shape index (κ3) is 3.92. The lowest BCUT2D eigenvalue weighted by atomic mass is 10.1. The molecule has 0 amide bonds. The Bertz CT molecular complexity index is 1000. The molecule has 0 saturated carbocycles. The van der Waals surface area contributed by atoms with E-state index in [1.54, 1.807) is 42.3 Å². The Balaban J connectivity index is 2.12. The molecule has 5 nitrogen and oxygen atoms in total. The number of nitrogens with zero attached hydrogens (tertiary/aromatic N) is 3. The summed E-state index contributed by atoms with van der Waals surface area (Å²) in [5.41, 5.74) is 2.61. The molecule has 1 aromatic heterocycles. The summed E-state index contributed by atoms with van der Waals surface area (Å²) in [6, 6.07) is 14.7. The molecule has 0 unspecified atom stereocenters. The van der Waals surface area contributed by atoms with Gasteiger partial charge in [0.25, 0.3) is 0 Å². The predicted octanol–water partition coefficient (Wildman–Crippen LogP) is 3.90. The molecule has 0 atom stereocenters. The molecule has 0 spiro atoms. The Morgan fingerprint density at radius 1 is 1.23 bits per heavy atom. The Morgan fingerprint density at radius 2 is 2.08 bits per heavy atom. The maximum atomic E-state index is 9.63. The topological polar surface area (TPSA) is 59.1 Å². The highest BCUT2D eigenvalue weighted by atomic mass is 32.1. The quantitative estimate of drug-likeness (QED) is 0.532. The molecule has 0 saturated heterocycles.